The van der Waals surface area contributed by atoms with Gasteiger partial charge in [-0.05, 0) is 56.7 Å². The summed E-state index contributed by atoms with van der Waals surface area (Å²) in [5.74, 6) is 0.520. The van der Waals surface area contributed by atoms with Crippen LogP contribution in [0.1, 0.15) is 50.7 Å². The summed E-state index contributed by atoms with van der Waals surface area (Å²) >= 11 is 0. The van der Waals surface area contributed by atoms with Gasteiger partial charge in [-0.25, -0.2) is 0 Å². The second kappa shape index (κ2) is 9.70. The van der Waals surface area contributed by atoms with Crippen molar-refractivity contribution in [3.63, 3.8) is 0 Å². The van der Waals surface area contributed by atoms with Crippen LogP contribution in [0.3, 0.4) is 0 Å². The molecule has 0 bridgehead atoms. The van der Waals surface area contributed by atoms with Crippen molar-refractivity contribution in [1.29, 1.82) is 0 Å². The van der Waals surface area contributed by atoms with Gasteiger partial charge in [-0.1, -0.05) is 19.1 Å². The maximum absolute atomic E-state index is 10.2. The average molecular weight is 414 g/mol. The quantitative estimate of drug-likeness (QED) is 0.354. The van der Waals surface area contributed by atoms with E-state index in [0.29, 0.717) is 18.6 Å². The summed E-state index contributed by atoms with van der Waals surface area (Å²) in [5, 5.41) is 59.2. The van der Waals surface area contributed by atoms with Crippen LogP contribution in [-0.2, 0) is 4.74 Å². The maximum Gasteiger partial charge on any atom is 0.229 e. The molecule has 0 saturated carbocycles. The van der Waals surface area contributed by atoms with Gasteiger partial charge in [0.15, 0.2) is 0 Å². The lowest BCUT2D eigenvalue weighted by Crippen LogP contribution is -2.60. The molecule has 0 radical (unpaired) electrons. The molecule has 8 nitrogen and oxygen atoms in total. The second-order valence-corrected chi connectivity index (χ2v) is 8.49. The van der Waals surface area contributed by atoms with Crippen molar-refractivity contribution in [2.45, 2.75) is 88.9 Å². The van der Waals surface area contributed by atoms with Gasteiger partial charge in [0, 0.05) is 0 Å². The smallest absolute Gasteiger partial charge is 0.229 e. The van der Waals surface area contributed by atoms with E-state index in [9.17, 15) is 30.6 Å². The Morgan fingerprint density at radius 2 is 1.76 bits per heavy atom. The molecule has 7 unspecified atom stereocenters. The molecule has 29 heavy (non-hydrogen) atoms. The van der Waals surface area contributed by atoms with Crippen molar-refractivity contribution >= 4 is 0 Å². The van der Waals surface area contributed by atoms with Crippen molar-refractivity contribution < 1.29 is 40.1 Å². The lowest BCUT2D eigenvalue weighted by atomic mass is 9.90. The largest absolute Gasteiger partial charge is 0.462 e. The van der Waals surface area contributed by atoms with Crippen LogP contribution in [0.15, 0.2) is 18.2 Å². The third kappa shape index (κ3) is 5.88. The topological polar surface area (TPSA) is 140 Å². The highest BCUT2D eigenvalue weighted by Gasteiger charge is 2.44. The Labute approximate surface area is 171 Å². The van der Waals surface area contributed by atoms with E-state index in [2.05, 4.69) is 0 Å². The summed E-state index contributed by atoms with van der Waals surface area (Å²) in [6, 6.07) is 5.60. The minimum atomic E-state index is -1.50. The van der Waals surface area contributed by atoms with Crippen LogP contribution in [0.2, 0.25) is 0 Å². The number of aryl methyl sites for hydroxylation is 1. The number of rotatable bonds is 8. The van der Waals surface area contributed by atoms with E-state index in [1.807, 2.05) is 26.0 Å². The van der Waals surface area contributed by atoms with Crippen molar-refractivity contribution in [3.05, 3.63) is 29.3 Å². The van der Waals surface area contributed by atoms with Crippen LogP contribution >= 0.6 is 0 Å². The molecule has 1 aromatic carbocycles. The van der Waals surface area contributed by atoms with Crippen molar-refractivity contribution in [2.75, 3.05) is 6.61 Å². The minimum Gasteiger partial charge on any atom is -0.462 e. The monoisotopic (exact) mass is 414 g/mol. The van der Waals surface area contributed by atoms with Gasteiger partial charge in [0.25, 0.3) is 0 Å². The van der Waals surface area contributed by atoms with Crippen molar-refractivity contribution in [2.24, 2.45) is 0 Å². The molecule has 1 aliphatic rings. The normalized spacial score (nSPS) is 30.1. The van der Waals surface area contributed by atoms with E-state index >= 15 is 0 Å². The molecule has 1 aliphatic heterocycles. The summed E-state index contributed by atoms with van der Waals surface area (Å²) in [7, 11) is 0. The van der Waals surface area contributed by atoms with Crippen molar-refractivity contribution in [3.8, 4) is 5.75 Å². The number of aliphatic hydroxyl groups excluding tert-OH is 5. The van der Waals surface area contributed by atoms with Crippen LogP contribution in [-0.4, -0.2) is 79.7 Å². The van der Waals surface area contributed by atoms with E-state index in [1.54, 1.807) is 19.9 Å². The van der Waals surface area contributed by atoms with E-state index in [0.717, 1.165) is 11.1 Å². The molecule has 0 aromatic heterocycles. The summed E-state index contributed by atoms with van der Waals surface area (Å²) in [6.45, 7) is 6.44. The van der Waals surface area contributed by atoms with E-state index in [-0.39, 0.29) is 5.92 Å². The Balaban J connectivity index is 2.10. The fourth-order valence-corrected chi connectivity index (χ4v) is 3.27. The molecule has 0 aliphatic carbocycles. The molecule has 0 spiro atoms. The summed E-state index contributed by atoms with van der Waals surface area (Å²) in [5.41, 5.74) is 0.567. The van der Waals surface area contributed by atoms with Crippen LogP contribution < -0.4 is 4.74 Å². The average Bonchev–Trinajstić information content (AvgIpc) is 2.66. The standard InChI is InChI=1S/C21H34O8/c1-11(6-8-16(23)21(3,4)27)13-7-5-12(2)14(9-13)28-20-19(26)18(25)17(24)15(10-22)29-20/h5,7,9,11,15-20,22-27H,6,8,10H2,1-4H3. The van der Waals surface area contributed by atoms with Gasteiger partial charge < -0.3 is 40.1 Å². The van der Waals surface area contributed by atoms with Crippen LogP contribution in [0.25, 0.3) is 0 Å². The van der Waals surface area contributed by atoms with Crippen LogP contribution in [0.4, 0.5) is 0 Å². The van der Waals surface area contributed by atoms with Gasteiger partial charge in [-0.15, -0.1) is 0 Å². The Hall–Kier alpha value is -1.26. The molecule has 2 rings (SSSR count). The van der Waals surface area contributed by atoms with E-state index < -0.39 is 49.0 Å². The number of ether oxygens (including phenoxy) is 2. The third-order valence-corrected chi connectivity index (χ3v) is 5.56. The lowest BCUT2D eigenvalue weighted by Gasteiger charge is -2.39. The summed E-state index contributed by atoms with van der Waals surface area (Å²) < 4.78 is 11.2. The summed E-state index contributed by atoms with van der Waals surface area (Å²) in [6.07, 6.45) is -6.46. The van der Waals surface area contributed by atoms with Gasteiger partial charge in [-0.3, -0.25) is 0 Å². The summed E-state index contributed by atoms with van der Waals surface area (Å²) in [4.78, 5) is 0. The zero-order valence-corrected chi connectivity index (χ0v) is 17.4. The maximum atomic E-state index is 10.2. The molecule has 1 aromatic rings. The molecule has 7 atom stereocenters. The lowest BCUT2D eigenvalue weighted by molar-refractivity contribution is -0.277. The Morgan fingerprint density at radius 1 is 1.10 bits per heavy atom. The van der Waals surface area contributed by atoms with Gasteiger partial charge in [0.1, 0.15) is 30.2 Å². The number of aliphatic hydroxyl groups is 6. The van der Waals surface area contributed by atoms with Gasteiger partial charge in [0.05, 0.1) is 18.3 Å². The highest BCUT2D eigenvalue weighted by Crippen LogP contribution is 2.31. The first-order chi connectivity index (χ1) is 13.5. The molecule has 1 heterocycles. The zero-order valence-electron chi connectivity index (χ0n) is 17.4. The molecule has 166 valence electrons. The Kier molecular flexibility index (Phi) is 8.03. The molecular formula is C21H34O8. The molecular weight excluding hydrogens is 380 g/mol. The molecule has 1 fully saturated rings. The minimum absolute atomic E-state index is 0.0738. The predicted octanol–water partition coefficient (Wildman–Crippen LogP) is 0.189. The fraction of sp³-hybridized carbons (Fsp3) is 0.714. The molecule has 1 saturated heterocycles. The first kappa shape index (κ1) is 24.0. The molecule has 6 N–H and O–H groups in total. The first-order valence-electron chi connectivity index (χ1n) is 9.93. The van der Waals surface area contributed by atoms with Gasteiger partial charge in [-0.2, -0.15) is 0 Å². The van der Waals surface area contributed by atoms with Crippen LogP contribution in [0, 0.1) is 6.92 Å². The highest BCUT2D eigenvalue weighted by molar-refractivity contribution is 5.38. The fourth-order valence-electron chi connectivity index (χ4n) is 3.27. The van der Waals surface area contributed by atoms with Gasteiger partial charge in [0.2, 0.25) is 6.29 Å². The predicted molar refractivity (Wildman–Crippen MR) is 106 cm³/mol. The molecule has 8 heteroatoms. The Bertz CT molecular complexity index is 657. The number of benzene rings is 1. The van der Waals surface area contributed by atoms with E-state index in [4.69, 9.17) is 9.47 Å². The van der Waals surface area contributed by atoms with Crippen molar-refractivity contribution in [1.82, 2.24) is 0 Å². The van der Waals surface area contributed by atoms with E-state index in [1.165, 1.54) is 0 Å². The van der Waals surface area contributed by atoms with Crippen LogP contribution in [0.5, 0.6) is 5.75 Å². The van der Waals surface area contributed by atoms with Gasteiger partial charge >= 0.3 is 0 Å². The second-order valence-electron chi connectivity index (χ2n) is 8.49. The Morgan fingerprint density at radius 3 is 2.34 bits per heavy atom. The SMILES string of the molecule is Cc1ccc(C(C)CCC(O)C(C)(C)O)cc1OC1OC(CO)C(O)C(O)C1O. The first-order valence-corrected chi connectivity index (χ1v) is 9.93. The number of hydrogen-bond acceptors (Lipinski definition) is 8. The molecule has 0 amide bonds. The zero-order chi connectivity index (χ0) is 21.9. The number of hydrogen-bond donors (Lipinski definition) is 6. The third-order valence-electron chi connectivity index (χ3n) is 5.56. The highest BCUT2D eigenvalue weighted by atomic mass is 16.7.